The normalized spacial score (nSPS) is 11.8. The summed E-state index contributed by atoms with van der Waals surface area (Å²) >= 11 is 0. The van der Waals surface area contributed by atoms with E-state index in [2.05, 4.69) is 6.58 Å². The predicted octanol–water partition coefficient (Wildman–Crippen LogP) is 4.22. The average molecular weight is 236 g/mol. The van der Waals surface area contributed by atoms with Crippen LogP contribution in [-0.2, 0) is 0 Å². The van der Waals surface area contributed by atoms with Crippen molar-refractivity contribution in [3.05, 3.63) is 78.4 Å². The van der Waals surface area contributed by atoms with E-state index in [1.54, 1.807) is 0 Å². The lowest BCUT2D eigenvalue weighted by atomic mass is 9.89. The van der Waals surface area contributed by atoms with E-state index in [0.717, 1.165) is 16.7 Å². The quantitative estimate of drug-likeness (QED) is 0.726. The Labute approximate surface area is 108 Å². The maximum absolute atomic E-state index is 12.3. The van der Waals surface area contributed by atoms with Crippen LogP contribution >= 0.6 is 0 Å². The first-order valence-corrected chi connectivity index (χ1v) is 6.03. The number of rotatable bonds is 4. The van der Waals surface area contributed by atoms with Gasteiger partial charge in [0.25, 0.3) is 0 Å². The summed E-state index contributed by atoms with van der Waals surface area (Å²) in [7, 11) is 0. The van der Waals surface area contributed by atoms with Gasteiger partial charge in [0.15, 0.2) is 5.78 Å². The van der Waals surface area contributed by atoms with E-state index in [0.29, 0.717) is 0 Å². The van der Waals surface area contributed by atoms with Crippen LogP contribution in [0.2, 0.25) is 0 Å². The van der Waals surface area contributed by atoms with E-state index in [1.165, 1.54) is 0 Å². The molecule has 0 bridgehead atoms. The summed E-state index contributed by atoms with van der Waals surface area (Å²) in [5.74, 6) is -0.0840. The lowest BCUT2D eigenvalue weighted by Gasteiger charge is -2.14. The Kier molecular flexibility index (Phi) is 3.73. The second-order valence-corrected chi connectivity index (χ2v) is 4.34. The van der Waals surface area contributed by atoms with Gasteiger partial charge in [-0.2, -0.15) is 0 Å². The molecule has 0 saturated heterocycles. The fourth-order valence-electron chi connectivity index (χ4n) is 1.91. The van der Waals surface area contributed by atoms with Gasteiger partial charge in [-0.15, -0.1) is 0 Å². The lowest BCUT2D eigenvalue weighted by Crippen LogP contribution is -2.12. The van der Waals surface area contributed by atoms with E-state index in [9.17, 15) is 4.79 Å². The molecule has 0 aliphatic rings. The summed E-state index contributed by atoms with van der Waals surface area (Å²) in [4.78, 5) is 12.3. The Balaban J connectivity index is 2.20. The van der Waals surface area contributed by atoms with Crippen molar-refractivity contribution in [3.63, 3.8) is 0 Å². The number of allylic oxidation sites excluding steroid dienone is 1. The zero-order valence-electron chi connectivity index (χ0n) is 10.5. The summed E-state index contributed by atoms with van der Waals surface area (Å²) in [5.41, 5.74) is 2.63. The minimum atomic E-state index is -0.199. The number of Topliss-reactive ketones (excluding diaryl/α,β-unsaturated/α-hetero) is 1. The summed E-state index contributed by atoms with van der Waals surface area (Å²) in [5, 5.41) is 0. The third kappa shape index (κ3) is 2.57. The molecule has 0 unspecified atom stereocenters. The first-order chi connectivity index (χ1) is 8.70. The van der Waals surface area contributed by atoms with Crippen LogP contribution in [0.15, 0.2) is 67.2 Å². The van der Waals surface area contributed by atoms with Gasteiger partial charge in [-0.3, -0.25) is 4.79 Å². The van der Waals surface area contributed by atoms with Crippen LogP contribution in [0.25, 0.3) is 5.57 Å². The van der Waals surface area contributed by atoms with Gasteiger partial charge in [0.1, 0.15) is 0 Å². The lowest BCUT2D eigenvalue weighted by molar-refractivity contribution is 0.0958. The molecule has 90 valence electrons. The summed E-state index contributed by atoms with van der Waals surface area (Å²) in [6.45, 7) is 5.96. The topological polar surface area (TPSA) is 17.1 Å². The van der Waals surface area contributed by atoms with Crippen molar-refractivity contribution < 1.29 is 4.79 Å². The molecule has 0 saturated carbocycles. The molecule has 0 amide bonds. The predicted molar refractivity (Wildman–Crippen MR) is 75.4 cm³/mol. The van der Waals surface area contributed by atoms with Crippen LogP contribution in [0.3, 0.4) is 0 Å². The highest BCUT2D eigenvalue weighted by Crippen LogP contribution is 2.24. The second-order valence-electron chi connectivity index (χ2n) is 4.34. The maximum atomic E-state index is 12.3. The standard InChI is InChI=1S/C17H16O/c1-13(15-9-5-3-6-10-15)14(2)17(18)16-11-7-4-8-12-16/h3-12,14H,1H2,2H3/t14-/m1/s1. The smallest absolute Gasteiger partial charge is 0.170 e. The Morgan fingerprint density at radius 3 is 1.83 bits per heavy atom. The molecule has 0 heterocycles. The van der Waals surface area contributed by atoms with Crippen molar-refractivity contribution in [2.45, 2.75) is 6.92 Å². The fraction of sp³-hybridized carbons (Fsp3) is 0.118. The minimum absolute atomic E-state index is 0.115. The number of carbonyl (C=O) groups is 1. The van der Waals surface area contributed by atoms with Gasteiger partial charge in [0, 0.05) is 11.5 Å². The first kappa shape index (κ1) is 12.3. The molecule has 0 aliphatic heterocycles. The summed E-state index contributed by atoms with van der Waals surface area (Å²) < 4.78 is 0. The van der Waals surface area contributed by atoms with E-state index in [-0.39, 0.29) is 11.7 Å². The Morgan fingerprint density at radius 1 is 0.889 bits per heavy atom. The van der Waals surface area contributed by atoms with Gasteiger partial charge >= 0.3 is 0 Å². The Morgan fingerprint density at radius 2 is 1.33 bits per heavy atom. The third-order valence-electron chi connectivity index (χ3n) is 3.12. The molecule has 18 heavy (non-hydrogen) atoms. The number of hydrogen-bond acceptors (Lipinski definition) is 1. The molecular weight excluding hydrogens is 220 g/mol. The summed E-state index contributed by atoms with van der Waals surface area (Å²) in [6, 6.07) is 19.2. The maximum Gasteiger partial charge on any atom is 0.170 e. The van der Waals surface area contributed by atoms with E-state index in [1.807, 2.05) is 67.6 Å². The van der Waals surface area contributed by atoms with Crippen LogP contribution in [0.4, 0.5) is 0 Å². The molecule has 1 heteroatoms. The number of hydrogen-bond donors (Lipinski definition) is 0. The molecule has 0 aliphatic carbocycles. The molecule has 0 spiro atoms. The van der Waals surface area contributed by atoms with Crippen molar-refractivity contribution in [2.75, 3.05) is 0 Å². The average Bonchev–Trinajstić information content (AvgIpc) is 2.47. The van der Waals surface area contributed by atoms with Crippen LogP contribution in [0, 0.1) is 5.92 Å². The number of benzene rings is 2. The molecule has 0 aromatic heterocycles. The molecule has 2 aromatic rings. The van der Waals surface area contributed by atoms with Gasteiger partial charge < -0.3 is 0 Å². The first-order valence-electron chi connectivity index (χ1n) is 6.03. The van der Waals surface area contributed by atoms with Crippen LogP contribution < -0.4 is 0 Å². The second kappa shape index (κ2) is 5.46. The van der Waals surface area contributed by atoms with Crippen molar-refractivity contribution in [2.24, 2.45) is 5.92 Å². The minimum Gasteiger partial charge on any atom is -0.294 e. The molecule has 1 nitrogen and oxygen atoms in total. The van der Waals surface area contributed by atoms with Gasteiger partial charge in [-0.25, -0.2) is 0 Å². The number of ketones is 1. The molecule has 1 atom stereocenters. The number of carbonyl (C=O) groups excluding carboxylic acids is 1. The molecule has 2 rings (SSSR count). The zero-order valence-corrected chi connectivity index (χ0v) is 10.5. The fourth-order valence-corrected chi connectivity index (χ4v) is 1.91. The van der Waals surface area contributed by atoms with E-state index < -0.39 is 0 Å². The largest absolute Gasteiger partial charge is 0.294 e. The van der Waals surface area contributed by atoms with Gasteiger partial charge in [-0.1, -0.05) is 74.2 Å². The van der Waals surface area contributed by atoms with Crippen molar-refractivity contribution in [3.8, 4) is 0 Å². The highest BCUT2D eigenvalue weighted by Gasteiger charge is 2.18. The van der Waals surface area contributed by atoms with Gasteiger partial charge in [0.2, 0.25) is 0 Å². The molecule has 0 fully saturated rings. The molecule has 0 N–H and O–H groups in total. The molecule has 2 aromatic carbocycles. The summed E-state index contributed by atoms with van der Waals surface area (Å²) in [6.07, 6.45) is 0. The van der Waals surface area contributed by atoms with Crippen LogP contribution in [-0.4, -0.2) is 5.78 Å². The molecule has 0 radical (unpaired) electrons. The Bertz CT molecular complexity index is 489. The van der Waals surface area contributed by atoms with Crippen molar-refractivity contribution in [1.29, 1.82) is 0 Å². The van der Waals surface area contributed by atoms with Crippen LogP contribution in [0.5, 0.6) is 0 Å². The Hall–Kier alpha value is -2.15. The monoisotopic (exact) mass is 236 g/mol. The SMILES string of the molecule is C=C(c1ccccc1)[C@@H](C)C(=O)c1ccccc1. The zero-order chi connectivity index (χ0) is 13.0. The van der Waals surface area contributed by atoms with Crippen molar-refractivity contribution >= 4 is 11.4 Å². The van der Waals surface area contributed by atoms with Crippen LogP contribution in [0.1, 0.15) is 22.8 Å². The highest BCUT2D eigenvalue weighted by atomic mass is 16.1. The molecular formula is C17H16O. The highest BCUT2D eigenvalue weighted by molar-refractivity contribution is 6.04. The third-order valence-corrected chi connectivity index (χ3v) is 3.12. The van der Waals surface area contributed by atoms with Gasteiger partial charge in [-0.05, 0) is 11.1 Å². The van der Waals surface area contributed by atoms with Gasteiger partial charge in [0.05, 0.1) is 0 Å². The van der Waals surface area contributed by atoms with Crippen molar-refractivity contribution in [1.82, 2.24) is 0 Å². The van der Waals surface area contributed by atoms with E-state index >= 15 is 0 Å². The van der Waals surface area contributed by atoms with E-state index in [4.69, 9.17) is 0 Å².